The second kappa shape index (κ2) is 9.35. The van der Waals surface area contributed by atoms with Crippen molar-refractivity contribution in [3.63, 3.8) is 0 Å². The fraction of sp³-hybridized carbons (Fsp3) is 0.263. The molecule has 0 saturated carbocycles. The molecule has 0 aliphatic carbocycles. The van der Waals surface area contributed by atoms with E-state index < -0.39 is 0 Å². The van der Waals surface area contributed by atoms with E-state index in [-0.39, 0.29) is 17.6 Å². The highest BCUT2D eigenvalue weighted by Gasteiger charge is 2.24. The SMILES string of the molecule is CC(Sc1n[nH]c(Cc2cccs2)n1)C(=O)N(CCC#N)c1ccccc1. The monoisotopic (exact) mass is 397 g/mol. The molecule has 2 aromatic heterocycles. The Morgan fingerprint density at radius 3 is 2.85 bits per heavy atom. The Labute approximate surface area is 166 Å². The molecule has 1 unspecified atom stereocenters. The third kappa shape index (κ3) is 5.18. The predicted molar refractivity (Wildman–Crippen MR) is 108 cm³/mol. The summed E-state index contributed by atoms with van der Waals surface area (Å²) in [5.74, 6) is 0.718. The number of H-pyrrole nitrogens is 1. The molecule has 2 heterocycles. The van der Waals surface area contributed by atoms with Gasteiger partial charge in [0.25, 0.3) is 0 Å². The Morgan fingerprint density at radius 1 is 1.33 bits per heavy atom. The Kier molecular flexibility index (Phi) is 6.63. The molecule has 138 valence electrons. The van der Waals surface area contributed by atoms with Crippen molar-refractivity contribution in [2.24, 2.45) is 0 Å². The Bertz CT molecular complexity index is 902. The number of nitrogens with one attached hydrogen (secondary N) is 1. The molecule has 8 heteroatoms. The lowest BCUT2D eigenvalue weighted by Gasteiger charge is -2.24. The van der Waals surface area contributed by atoms with Gasteiger partial charge < -0.3 is 4.90 Å². The molecule has 1 aromatic carbocycles. The topological polar surface area (TPSA) is 85.7 Å². The second-order valence-corrected chi connectivity index (χ2v) is 8.15. The predicted octanol–water partition coefficient (Wildman–Crippen LogP) is 3.88. The minimum atomic E-state index is -0.366. The van der Waals surface area contributed by atoms with Crippen LogP contribution in [0.25, 0.3) is 0 Å². The van der Waals surface area contributed by atoms with Crippen molar-refractivity contribution in [3.05, 3.63) is 58.5 Å². The van der Waals surface area contributed by atoms with Crippen molar-refractivity contribution in [3.8, 4) is 6.07 Å². The minimum Gasteiger partial charge on any atom is -0.310 e. The zero-order valence-corrected chi connectivity index (χ0v) is 16.5. The van der Waals surface area contributed by atoms with E-state index in [0.29, 0.717) is 18.1 Å². The maximum Gasteiger partial charge on any atom is 0.240 e. The van der Waals surface area contributed by atoms with Crippen LogP contribution in [-0.2, 0) is 11.2 Å². The number of amides is 1. The van der Waals surface area contributed by atoms with Gasteiger partial charge >= 0.3 is 0 Å². The molecule has 1 amide bonds. The first-order chi connectivity index (χ1) is 13.2. The van der Waals surface area contributed by atoms with Gasteiger partial charge in [-0.1, -0.05) is 36.0 Å². The number of nitriles is 1. The zero-order chi connectivity index (χ0) is 19.1. The maximum absolute atomic E-state index is 12.9. The third-order valence-electron chi connectivity index (χ3n) is 3.84. The van der Waals surface area contributed by atoms with Crippen molar-refractivity contribution in [2.45, 2.75) is 30.2 Å². The molecule has 1 N–H and O–H groups in total. The first-order valence-electron chi connectivity index (χ1n) is 8.51. The van der Waals surface area contributed by atoms with Crippen molar-refractivity contribution in [2.75, 3.05) is 11.4 Å². The summed E-state index contributed by atoms with van der Waals surface area (Å²) < 4.78 is 0. The lowest BCUT2D eigenvalue weighted by Crippen LogP contribution is -2.37. The van der Waals surface area contributed by atoms with E-state index in [4.69, 9.17) is 5.26 Å². The number of aromatic amines is 1. The number of thioether (sulfide) groups is 1. The summed E-state index contributed by atoms with van der Waals surface area (Å²) in [7, 11) is 0. The summed E-state index contributed by atoms with van der Waals surface area (Å²) in [6.07, 6.45) is 0.982. The van der Waals surface area contributed by atoms with E-state index >= 15 is 0 Å². The highest BCUT2D eigenvalue weighted by atomic mass is 32.2. The molecule has 0 radical (unpaired) electrons. The smallest absolute Gasteiger partial charge is 0.240 e. The number of aromatic nitrogens is 3. The van der Waals surface area contributed by atoms with Crippen molar-refractivity contribution in [1.82, 2.24) is 15.2 Å². The largest absolute Gasteiger partial charge is 0.310 e. The lowest BCUT2D eigenvalue weighted by atomic mass is 10.2. The summed E-state index contributed by atoms with van der Waals surface area (Å²) >= 11 is 2.99. The standard InChI is InChI=1S/C19H19N5OS2/c1-14(18(25)24(11-6-10-20)15-7-3-2-4-8-15)27-19-21-17(22-23-19)13-16-9-5-12-26-16/h2-5,7-9,12,14H,6,11,13H2,1H3,(H,21,22,23). The van der Waals surface area contributed by atoms with Crippen molar-refractivity contribution in [1.29, 1.82) is 5.26 Å². The summed E-state index contributed by atoms with van der Waals surface area (Å²) in [5, 5.41) is 18.3. The number of carbonyl (C=O) groups excluding carboxylic acids is 1. The quantitative estimate of drug-likeness (QED) is 0.583. The summed E-state index contributed by atoms with van der Waals surface area (Å²) in [4.78, 5) is 20.3. The molecule has 0 spiro atoms. The van der Waals surface area contributed by atoms with Crippen LogP contribution < -0.4 is 4.90 Å². The number of anilines is 1. The van der Waals surface area contributed by atoms with Gasteiger partial charge in [-0.05, 0) is 30.5 Å². The van der Waals surface area contributed by atoms with Crippen LogP contribution in [0.2, 0.25) is 0 Å². The zero-order valence-electron chi connectivity index (χ0n) is 14.8. The molecule has 0 saturated heterocycles. The third-order valence-corrected chi connectivity index (χ3v) is 5.67. The molecule has 1 atom stereocenters. The van der Waals surface area contributed by atoms with Crippen LogP contribution in [0, 0.1) is 11.3 Å². The number of hydrogen-bond acceptors (Lipinski definition) is 6. The number of hydrogen-bond donors (Lipinski definition) is 1. The van der Waals surface area contributed by atoms with Gasteiger partial charge in [0, 0.05) is 23.5 Å². The number of nitrogens with zero attached hydrogens (tertiary/aromatic N) is 4. The van der Waals surface area contributed by atoms with E-state index in [1.807, 2.05) is 48.7 Å². The summed E-state index contributed by atoms with van der Waals surface area (Å²) in [6.45, 7) is 2.20. The van der Waals surface area contributed by atoms with Crippen LogP contribution in [0.4, 0.5) is 5.69 Å². The van der Waals surface area contributed by atoms with Crippen LogP contribution in [-0.4, -0.2) is 32.9 Å². The maximum atomic E-state index is 12.9. The molecule has 27 heavy (non-hydrogen) atoms. The van der Waals surface area contributed by atoms with Crippen molar-refractivity contribution < 1.29 is 4.79 Å². The normalized spacial score (nSPS) is 11.7. The van der Waals surface area contributed by atoms with Gasteiger partial charge in [-0.3, -0.25) is 9.89 Å². The van der Waals surface area contributed by atoms with Gasteiger partial charge in [0.05, 0.1) is 17.7 Å². The highest BCUT2D eigenvalue weighted by Crippen LogP contribution is 2.24. The van der Waals surface area contributed by atoms with E-state index in [1.165, 1.54) is 16.6 Å². The van der Waals surface area contributed by atoms with Crippen LogP contribution >= 0.6 is 23.1 Å². The number of para-hydroxylation sites is 1. The van der Waals surface area contributed by atoms with Gasteiger partial charge in [0.1, 0.15) is 5.82 Å². The summed E-state index contributed by atoms with van der Waals surface area (Å²) in [6, 6.07) is 15.6. The molecule has 0 aliphatic rings. The highest BCUT2D eigenvalue weighted by molar-refractivity contribution is 8.00. The molecular formula is C19H19N5OS2. The molecule has 3 aromatic rings. The first-order valence-corrected chi connectivity index (χ1v) is 10.3. The lowest BCUT2D eigenvalue weighted by molar-refractivity contribution is -0.117. The number of benzene rings is 1. The first kappa shape index (κ1) is 19.1. The fourth-order valence-electron chi connectivity index (χ4n) is 2.55. The van der Waals surface area contributed by atoms with Gasteiger partial charge in [-0.2, -0.15) is 5.26 Å². The number of thiophene rings is 1. The molecular weight excluding hydrogens is 378 g/mol. The Morgan fingerprint density at radius 2 is 2.15 bits per heavy atom. The van der Waals surface area contributed by atoms with Crippen LogP contribution in [0.15, 0.2) is 53.0 Å². The average molecular weight is 398 g/mol. The molecule has 0 bridgehead atoms. The van der Waals surface area contributed by atoms with E-state index in [1.54, 1.807) is 16.2 Å². The van der Waals surface area contributed by atoms with Gasteiger partial charge in [0.2, 0.25) is 11.1 Å². The molecule has 3 rings (SSSR count). The number of rotatable bonds is 8. The number of carbonyl (C=O) groups is 1. The molecule has 0 aliphatic heterocycles. The Balaban J connectivity index is 1.66. The van der Waals surface area contributed by atoms with E-state index in [0.717, 1.165) is 11.5 Å². The van der Waals surface area contributed by atoms with E-state index in [9.17, 15) is 4.79 Å². The van der Waals surface area contributed by atoms with E-state index in [2.05, 4.69) is 27.3 Å². The average Bonchev–Trinajstić information content (AvgIpc) is 3.35. The van der Waals surface area contributed by atoms with Crippen molar-refractivity contribution >= 4 is 34.7 Å². The molecule has 0 fully saturated rings. The van der Waals surface area contributed by atoms with Crippen LogP contribution in [0.3, 0.4) is 0 Å². The van der Waals surface area contributed by atoms with Gasteiger partial charge in [-0.15, -0.1) is 16.4 Å². The molecule has 6 nitrogen and oxygen atoms in total. The summed E-state index contributed by atoms with van der Waals surface area (Å²) in [5.41, 5.74) is 0.790. The van der Waals surface area contributed by atoms with Gasteiger partial charge in [-0.25, -0.2) is 4.98 Å². The Hall–Kier alpha value is -2.63. The van der Waals surface area contributed by atoms with Crippen LogP contribution in [0.1, 0.15) is 24.0 Å². The minimum absolute atomic E-state index is 0.0638. The second-order valence-electron chi connectivity index (χ2n) is 5.81. The van der Waals surface area contributed by atoms with Gasteiger partial charge in [0.15, 0.2) is 0 Å². The van der Waals surface area contributed by atoms with Crippen LogP contribution in [0.5, 0.6) is 0 Å². The fourth-order valence-corrected chi connectivity index (χ4v) is 4.07.